The Hall–Kier alpha value is -0.320. The third-order valence-electron chi connectivity index (χ3n) is 2.16. The molecule has 1 saturated carbocycles. The Balaban J connectivity index is 2.07. The van der Waals surface area contributed by atoms with Gasteiger partial charge >= 0.3 is 0 Å². The molecule has 0 aliphatic heterocycles. The van der Waals surface area contributed by atoms with Gasteiger partial charge in [0.15, 0.2) is 5.13 Å². The van der Waals surface area contributed by atoms with Crippen LogP contribution in [0.3, 0.4) is 0 Å². The average Bonchev–Trinajstić information content (AvgIpc) is 2.60. The van der Waals surface area contributed by atoms with Gasteiger partial charge in [-0.3, -0.25) is 9.69 Å². The summed E-state index contributed by atoms with van der Waals surface area (Å²) in [5, 5.41) is 2.49. The van der Waals surface area contributed by atoms with Crippen molar-refractivity contribution < 1.29 is 4.79 Å². The summed E-state index contributed by atoms with van der Waals surface area (Å²) in [5.41, 5.74) is 0. The van der Waals surface area contributed by atoms with Crippen molar-refractivity contribution in [2.45, 2.75) is 10.8 Å². The topological polar surface area (TPSA) is 33.2 Å². The summed E-state index contributed by atoms with van der Waals surface area (Å²) in [4.78, 5) is 17.3. The highest BCUT2D eigenvalue weighted by Gasteiger charge is 2.57. The molecule has 0 spiro atoms. The highest BCUT2D eigenvalue weighted by Crippen LogP contribution is 2.54. The number of hydrogen-bond acceptors (Lipinski definition) is 3. The molecule has 76 valence electrons. The molecule has 0 bridgehead atoms. The van der Waals surface area contributed by atoms with Crippen LogP contribution in [-0.2, 0) is 4.79 Å². The lowest BCUT2D eigenvalue weighted by Crippen LogP contribution is -2.29. The molecular formula is C8H8Cl2N2OS. The Morgan fingerprint density at radius 1 is 1.79 bits per heavy atom. The van der Waals surface area contributed by atoms with Crippen LogP contribution in [-0.4, -0.2) is 22.3 Å². The van der Waals surface area contributed by atoms with Gasteiger partial charge < -0.3 is 0 Å². The van der Waals surface area contributed by atoms with Gasteiger partial charge in [-0.25, -0.2) is 4.98 Å². The number of rotatable bonds is 2. The lowest BCUT2D eigenvalue weighted by Gasteiger charge is -2.13. The zero-order chi connectivity index (χ0) is 10.3. The number of carbonyl (C=O) groups excluding carboxylic acids is 1. The molecule has 1 fully saturated rings. The van der Waals surface area contributed by atoms with Gasteiger partial charge in [-0.1, -0.05) is 0 Å². The second-order valence-corrected chi connectivity index (χ2v) is 5.65. The van der Waals surface area contributed by atoms with Crippen LogP contribution in [0.15, 0.2) is 11.6 Å². The molecule has 1 aromatic heterocycles. The van der Waals surface area contributed by atoms with Gasteiger partial charge in [-0.05, 0) is 6.42 Å². The van der Waals surface area contributed by atoms with E-state index in [9.17, 15) is 4.79 Å². The van der Waals surface area contributed by atoms with Gasteiger partial charge in [0.25, 0.3) is 0 Å². The first kappa shape index (κ1) is 10.2. The molecule has 1 atom stereocenters. The molecule has 0 N–H and O–H groups in total. The minimum absolute atomic E-state index is 0.0649. The normalized spacial score (nSPS) is 23.2. The maximum Gasteiger partial charge on any atom is 0.234 e. The predicted molar refractivity (Wildman–Crippen MR) is 58.1 cm³/mol. The second kappa shape index (κ2) is 3.36. The number of halogens is 2. The molecule has 2 rings (SSSR count). The SMILES string of the molecule is CN(C(=O)C1CC1(Cl)Cl)c1nccs1. The van der Waals surface area contributed by atoms with Crippen LogP contribution in [0, 0.1) is 5.92 Å². The first-order valence-corrected chi connectivity index (χ1v) is 5.71. The maximum absolute atomic E-state index is 11.7. The average molecular weight is 251 g/mol. The first-order chi connectivity index (χ1) is 6.52. The molecule has 1 unspecified atom stereocenters. The van der Waals surface area contributed by atoms with Crippen LogP contribution in [0.2, 0.25) is 0 Å². The zero-order valence-corrected chi connectivity index (χ0v) is 9.73. The fourth-order valence-electron chi connectivity index (χ4n) is 1.19. The molecule has 1 amide bonds. The van der Waals surface area contributed by atoms with Crippen molar-refractivity contribution in [3.8, 4) is 0 Å². The Bertz CT molecular complexity index is 352. The summed E-state index contributed by atoms with van der Waals surface area (Å²) in [7, 11) is 1.68. The van der Waals surface area contributed by atoms with Crippen LogP contribution in [0.4, 0.5) is 5.13 Å². The van der Waals surface area contributed by atoms with Crippen molar-refractivity contribution >= 4 is 45.6 Å². The maximum atomic E-state index is 11.7. The molecule has 1 heterocycles. The van der Waals surface area contributed by atoms with E-state index < -0.39 is 4.33 Å². The van der Waals surface area contributed by atoms with Crippen LogP contribution < -0.4 is 4.90 Å². The summed E-state index contributed by atoms with van der Waals surface area (Å²) in [5.74, 6) is -0.343. The molecular weight excluding hydrogens is 243 g/mol. The van der Waals surface area contributed by atoms with Gasteiger partial charge in [-0.2, -0.15) is 0 Å². The van der Waals surface area contributed by atoms with E-state index in [-0.39, 0.29) is 11.8 Å². The summed E-state index contributed by atoms with van der Waals surface area (Å²) in [6, 6.07) is 0. The predicted octanol–water partition coefficient (Wildman–Crippen LogP) is 2.30. The minimum Gasteiger partial charge on any atom is -0.291 e. The van der Waals surface area contributed by atoms with Crippen molar-refractivity contribution in [3.05, 3.63) is 11.6 Å². The van der Waals surface area contributed by atoms with E-state index in [0.717, 1.165) is 0 Å². The monoisotopic (exact) mass is 250 g/mol. The zero-order valence-electron chi connectivity index (χ0n) is 7.41. The summed E-state index contributed by atoms with van der Waals surface area (Å²) >= 11 is 13.0. The third-order valence-corrected chi connectivity index (χ3v) is 3.84. The van der Waals surface area contributed by atoms with Gasteiger partial charge in [0.2, 0.25) is 5.91 Å². The fourth-order valence-corrected chi connectivity index (χ4v) is 2.30. The van der Waals surface area contributed by atoms with E-state index in [1.54, 1.807) is 13.2 Å². The smallest absolute Gasteiger partial charge is 0.234 e. The summed E-state index contributed by atoms with van der Waals surface area (Å²) < 4.78 is -0.859. The highest BCUT2D eigenvalue weighted by molar-refractivity contribution is 7.13. The van der Waals surface area contributed by atoms with Gasteiger partial charge in [0, 0.05) is 18.6 Å². The highest BCUT2D eigenvalue weighted by atomic mass is 35.5. The van der Waals surface area contributed by atoms with Crippen LogP contribution in [0.1, 0.15) is 6.42 Å². The third kappa shape index (κ3) is 1.74. The lowest BCUT2D eigenvalue weighted by molar-refractivity contribution is -0.119. The van der Waals surface area contributed by atoms with E-state index in [1.165, 1.54) is 16.2 Å². The molecule has 0 radical (unpaired) electrons. The van der Waals surface area contributed by atoms with Crippen LogP contribution >= 0.6 is 34.5 Å². The number of thiazole rings is 1. The summed E-state index contributed by atoms with van der Waals surface area (Å²) in [6.45, 7) is 0. The van der Waals surface area contributed by atoms with E-state index in [4.69, 9.17) is 23.2 Å². The number of aromatic nitrogens is 1. The Morgan fingerprint density at radius 2 is 2.43 bits per heavy atom. The van der Waals surface area contributed by atoms with Gasteiger partial charge in [0.05, 0.1) is 5.92 Å². The van der Waals surface area contributed by atoms with Gasteiger partial charge in [0.1, 0.15) is 4.33 Å². The number of hydrogen-bond donors (Lipinski definition) is 0. The van der Waals surface area contributed by atoms with Crippen molar-refractivity contribution in [3.63, 3.8) is 0 Å². The van der Waals surface area contributed by atoms with E-state index in [0.29, 0.717) is 11.6 Å². The quantitative estimate of drug-likeness (QED) is 0.755. The second-order valence-electron chi connectivity index (χ2n) is 3.23. The standard InChI is InChI=1S/C8H8Cl2N2OS/c1-12(7-11-2-3-14-7)6(13)5-4-8(5,9)10/h2-3,5H,4H2,1H3. The molecule has 3 nitrogen and oxygen atoms in total. The molecule has 0 saturated heterocycles. The molecule has 6 heteroatoms. The number of anilines is 1. The Morgan fingerprint density at radius 3 is 2.86 bits per heavy atom. The van der Waals surface area contributed by atoms with Crippen molar-refractivity contribution in [2.75, 3.05) is 11.9 Å². The number of carbonyl (C=O) groups is 1. The molecule has 1 aromatic rings. The molecule has 0 aromatic carbocycles. The summed E-state index contributed by atoms with van der Waals surface area (Å²) in [6.07, 6.45) is 2.19. The first-order valence-electron chi connectivity index (χ1n) is 4.07. The Labute approximate surface area is 95.6 Å². The number of alkyl halides is 2. The minimum atomic E-state index is -0.859. The van der Waals surface area contributed by atoms with E-state index in [1.807, 2.05) is 5.38 Å². The van der Waals surface area contributed by atoms with Crippen molar-refractivity contribution in [2.24, 2.45) is 5.92 Å². The van der Waals surface area contributed by atoms with Gasteiger partial charge in [-0.15, -0.1) is 34.5 Å². The van der Waals surface area contributed by atoms with Crippen molar-refractivity contribution in [1.29, 1.82) is 0 Å². The molecule has 14 heavy (non-hydrogen) atoms. The van der Waals surface area contributed by atoms with E-state index in [2.05, 4.69) is 4.98 Å². The number of nitrogens with zero attached hydrogens (tertiary/aromatic N) is 2. The number of amides is 1. The largest absolute Gasteiger partial charge is 0.291 e. The molecule has 1 aliphatic carbocycles. The van der Waals surface area contributed by atoms with Crippen molar-refractivity contribution in [1.82, 2.24) is 4.98 Å². The molecule has 1 aliphatic rings. The fraction of sp³-hybridized carbons (Fsp3) is 0.500. The van der Waals surface area contributed by atoms with Crippen LogP contribution in [0.5, 0.6) is 0 Å². The van der Waals surface area contributed by atoms with E-state index >= 15 is 0 Å². The lowest BCUT2D eigenvalue weighted by atomic mass is 10.4. The van der Waals surface area contributed by atoms with Crippen LogP contribution in [0.25, 0.3) is 0 Å². The Kier molecular flexibility index (Phi) is 2.45.